The van der Waals surface area contributed by atoms with Gasteiger partial charge >= 0.3 is 0 Å². The lowest BCUT2D eigenvalue weighted by atomic mass is 9.85. The van der Waals surface area contributed by atoms with Crippen molar-refractivity contribution in [3.05, 3.63) is 97.0 Å². The van der Waals surface area contributed by atoms with E-state index in [-0.39, 0.29) is 0 Å². The van der Waals surface area contributed by atoms with Gasteiger partial charge in [-0.05, 0) is 72.9 Å². The minimum absolute atomic E-state index is 0.935. The summed E-state index contributed by atoms with van der Waals surface area (Å²) in [5.41, 5.74) is 5.16. The first kappa shape index (κ1) is 17.2. The molecular formula is C28H23N2+. The van der Waals surface area contributed by atoms with Gasteiger partial charge < -0.3 is 4.90 Å². The maximum Gasteiger partial charge on any atom is 0.169 e. The van der Waals surface area contributed by atoms with Gasteiger partial charge in [0.25, 0.3) is 0 Å². The molecule has 0 amide bonds. The lowest BCUT2D eigenvalue weighted by molar-refractivity contribution is -0.671. The molecule has 30 heavy (non-hydrogen) atoms. The highest BCUT2D eigenvalue weighted by molar-refractivity contribution is 6.27. The number of hydrogen-bond acceptors (Lipinski definition) is 1. The topological polar surface area (TPSA) is 7.12 Å². The Morgan fingerprint density at radius 2 is 1.50 bits per heavy atom. The van der Waals surface area contributed by atoms with E-state index >= 15 is 0 Å². The van der Waals surface area contributed by atoms with Crippen LogP contribution >= 0.6 is 0 Å². The van der Waals surface area contributed by atoms with Gasteiger partial charge in [0.15, 0.2) is 12.4 Å². The van der Waals surface area contributed by atoms with Crippen molar-refractivity contribution in [1.82, 2.24) is 4.90 Å². The van der Waals surface area contributed by atoms with Crippen molar-refractivity contribution >= 4 is 37.9 Å². The maximum atomic E-state index is 2.39. The van der Waals surface area contributed by atoms with Crippen LogP contribution in [0.2, 0.25) is 0 Å². The van der Waals surface area contributed by atoms with Gasteiger partial charge in [0.1, 0.15) is 7.05 Å². The van der Waals surface area contributed by atoms with E-state index in [0.717, 1.165) is 6.54 Å². The third kappa shape index (κ3) is 2.54. The van der Waals surface area contributed by atoms with Gasteiger partial charge in [-0.15, -0.1) is 0 Å². The average Bonchev–Trinajstić information content (AvgIpc) is 2.78. The molecule has 1 aromatic heterocycles. The number of likely N-dealkylation sites (N-methyl/N-ethyl adjacent to an activating group) is 1. The molecule has 0 fully saturated rings. The Morgan fingerprint density at radius 3 is 2.17 bits per heavy atom. The quantitative estimate of drug-likeness (QED) is 0.269. The zero-order chi connectivity index (χ0) is 20.2. The fourth-order valence-electron chi connectivity index (χ4n) is 4.77. The second-order valence-corrected chi connectivity index (χ2v) is 8.32. The Labute approximate surface area is 176 Å². The molecule has 5 aromatic rings. The average molecular weight is 388 g/mol. The van der Waals surface area contributed by atoms with E-state index in [9.17, 15) is 0 Å². The van der Waals surface area contributed by atoms with E-state index in [1.54, 1.807) is 0 Å². The van der Waals surface area contributed by atoms with Crippen LogP contribution in [0.3, 0.4) is 0 Å². The Kier molecular flexibility index (Phi) is 3.69. The van der Waals surface area contributed by atoms with E-state index in [0.29, 0.717) is 0 Å². The number of aromatic nitrogens is 1. The molecule has 0 unspecified atom stereocenters. The van der Waals surface area contributed by atoms with Crippen molar-refractivity contribution in [2.45, 2.75) is 0 Å². The monoisotopic (exact) mass is 387 g/mol. The lowest BCUT2D eigenvalue weighted by Crippen LogP contribution is -2.25. The second kappa shape index (κ2) is 6.43. The third-order valence-electron chi connectivity index (χ3n) is 6.35. The summed E-state index contributed by atoms with van der Waals surface area (Å²) in [5.74, 6) is 0. The highest BCUT2D eigenvalue weighted by Crippen LogP contribution is 2.42. The fraction of sp³-hybridized carbons (Fsp3) is 0.107. The van der Waals surface area contributed by atoms with Crippen LogP contribution in [0, 0.1) is 0 Å². The van der Waals surface area contributed by atoms with Crippen molar-refractivity contribution < 1.29 is 4.57 Å². The molecule has 0 radical (unpaired) electrons. The normalized spacial score (nSPS) is 14.2. The van der Waals surface area contributed by atoms with Crippen molar-refractivity contribution in [1.29, 1.82) is 0 Å². The molecule has 0 saturated heterocycles. The molecule has 0 aliphatic carbocycles. The highest BCUT2D eigenvalue weighted by Gasteiger charge is 2.17. The molecule has 144 valence electrons. The summed E-state index contributed by atoms with van der Waals surface area (Å²) in [7, 11) is 4.18. The molecule has 0 bridgehead atoms. The first-order valence-corrected chi connectivity index (χ1v) is 10.4. The van der Waals surface area contributed by atoms with Crippen LogP contribution in [-0.4, -0.2) is 18.5 Å². The predicted octanol–water partition coefficient (Wildman–Crippen LogP) is 5.92. The van der Waals surface area contributed by atoms with Crippen molar-refractivity contribution in [3.8, 4) is 11.1 Å². The molecule has 0 atom stereocenters. The number of aryl methyl sites for hydroxylation is 1. The molecule has 2 nitrogen and oxygen atoms in total. The first-order valence-electron chi connectivity index (χ1n) is 10.4. The van der Waals surface area contributed by atoms with Crippen molar-refractivity contribution in [3.63, 3.8) is 0 Å². The van der Waals surface area contributed by atoms with E-state index in [1.807, 2.05) is 0 Å². The Hall–Kier alpha value is -3.65. The Morgan fingerprint density at radius 1 is 0.800 bits per heavy atom. The van der Waals surface area contributed by atoms with Gasteiger partial charge in [-0.3, -0.25) is 0 Å². The van der Waals surface area contributed by atoms with Crippen LogP contribution in [0.25, 0.3) is 49.0 Å². The summed E-state index contributed by atoms with van der Waals surface area (Å²) in [6, 6.07) is 22.6. The van der Waals surface area contributed by atoms with E-state index in [2.05, 4.69) is 115 Å². The third-order valence-corrected chi connectivity index (χ3v) is 6.35. The van der Waals surface area contributed by atoms with Gasteiger partial charge in [-0.25, -0.2) is 4.57 Å². The van der Waals surface area contributed by atoms with Gasteiger partial charge in [0.05, 0.1) is 0 Å². The maximum absolute atomic E-state index is 2.39. The summed E-state index contributed by atoms with van der Waals surface area (Å²) in [5, 5.41) is 8.01. The molecule has 2 heterocycles. The van der Waals surface area contributed by atoms with E-state index in [1.165, 1.54) is 54.6 Å². The highest BCUT2D eigenvalue weighted by atomic mass is 15.1. The van der Waals surface area contributed by atoms with Crippen LogP contribution in [0.15, 0.2) is 91.4 Å². The fourth-order valence-corrected chi connectivity index (χ4v) is 4.77. The smallest absolute Gasteiger partial charge is 0.169 e. The summed E-state index contributed by atoms with van der Waals surface area (Å²) in [6.07, 6.45) is 11.0. The molecule has 1 aliphatic heterocycles. The van der Waals surface area contributed by atoms with Crippen molar-refractivity contribution in [2.75, 3.05) is 13.6 Å². The Balaban J connectivity index is 1.77. The number of allylic oxidation sites excluding steroid dienone is 2. The van der Waals surface area contributed by atoms with E-state index < -0.39 is 0 Å². The zero-order valence-electron chi connectivity index (χ0n) is 17.3. The minimum Gasteiger partial charge on any atom is -0.377 e. The molecular weight excluding hydrogens is 364 g/mol. The summed E-state index contributed by atoms with van der Waals surface area (Å²) in [4.78, 5) is 2.21. The first-order chi connectivity index (χ1) is 14.7. The van der Waals surface area contributed by atoms with Gasteiger partial charge in [-0.1, -0.05) is 48.5 Å². The molecule has 4 aromatic carbocycles. The van der Waals surface area contributed by atoms with Crippen LogP contribution in [0.1, 0.15) is 5.56 Å². The molecule has 0 spiro atoms. The van der Waals surface area contributed by atoms with Gasteiger partial charge in [0, 0.05) is 25.7 Å². The zero-order valence-corrected chi connectivity index (χ0v) is 17.3. The number of benzene rings is 4. The van der Waals surface area contributed by atoms with Crippen LogP contribution in [-0.2, 0) is 7.05 Å². The molecule has 2 heteroatoms. The summed E-state index contributed by atoms with van der Waals surface area (Å²) >= 11 is 0. The van der Waals surface area contributed by atoms with Crippen LogP contribution in [0.4, 0.5) is 0 Å². The SMILES string of the molecule is CN1C=CC(c2cc(-c3cc[n+](C)cc3)c3ccc4cccc5ccc2c3c54)=CC1. The number of pyridine rings is 1. The van der Waals surface area contributed by atoms with Crippen LogP contribution in [0.5, 0.6) is 0 Å². The largest absolute Gasteiger partial charge is 0.377 e. The molecule has 0 N–H and O–H groups in total. The lowest BCUT2D eigenvalue weighted by Gasteiger charge is -2.21. The number of nitrogens with zero attached hydrogens (tertiary/aromatic N) is 2. The summed E-state index contributed by atoms with van der Waals surface area (Å²) in [6.45, 7) is 0.935. The predicted molar refractivity (Wildman–Crippen MR) is 127 cm³/mol. The molecule has 0 saturated carbocycles. The van der Waals surface area contributed by atoms with E-state index in [4.69, 9.17) is 0 Å². The number of hydrogen-bond donors (Lipinski definition) is 0. The minimum atomic E-state index is 0.935. The Bertz CT molecular complexity index is 1460. The second-order valence-electron chi connectivity index (χ2n) is 8.32. The number of rotatable bonds is 2. The van der Waals surface area contributed by atoms with Gasteiger partial charge in [-0.2, -0.15) is 0 Å². The summed E-state index contributed by atoms with van der Waals surface area (Å²) < 4.78 is 2.09. The van der Waals surface area contributed by atoms with Gasteiger partial charge in [0.2, 0.25) is 0 Å². The van der Waals surface area contributed by atoms with Crippen LogP contribution < -0.4 is 4.57 Å². The molecule has 1 aliphatic rings. The molecule has 6 rings (SSSR count). The van der Waals surface area contributed by atoms with Crippen molar-refractivity contribution in [2.24, 2.45) is 7.05 Å². The standard InChI is InChI=1S/C28H23N2/c1-29-14-10-19(11-15-29)25-18-26(20-12-16-30(2)17-13-20)24-9-7-22-5-3-4-21-6-8-23(25)28(24)27(21)22/h3-16,18H,17H2,1-2H3/q+1.